The number of hydrogen-bond acceptors (Lipinski definition) is 3. The monoisotopic (exact) mass is 304 g/mol. The quantitative estimate of drug-likeness (QED) is 0.472. The molecule has 1 aromatic heterocycles. The van der Waals surface area contributed by atoms with Crippen LogP contribution in [0.4, 0.5) is 0 Å². The van der Waals surface area contributed by atoms with Crippen LogP contribution in [0.2, 0.25) is 0 Å². The van der Waals surface area contributed by atoms with E-state index in [1.807, 2.05) is 0 Å². The van der Waals surface area contributed by atoms with Gasteiger partial charge in [0.2, 0.25) is 0 Å². The second kappa shape index (κ2) is 4.47. The van der Waals surface area contributed by atoms with Crippen molar-refractivity contribution in [3.8, 4) is 0 Å². The van der Waals surface area contributed by atoms with Gasteiger partial charge in [0.05, 0.1) is 0 Å². The minimum absolute atomic E-state index is 0.908. The molecule has 0 aliphatic heterocycles. The molecule has 4 heteroatoms. The molecule has 0 unspecified atom stereocenters. The number of hydrogen-bond donors (Lipinski definition) is 1. The molecular weight excluding hydrogens is 296 g/mol. The van der Waals surface area contributed by atoms with Crippen LogP contribution in [0.3, 0.4) is 0 Å². The molecule has 0 radical (unpaired) electrons. The highest BCUT2D eigenvalue weighted by molar-refractivity contribution is 9.08. The molecular formula is C10H9BrS3. The van der Waals surface area contributed by atoms with Gasteiger partial charge in [-0.25, -0.2) is 0 Å². The van der Waals surface area contributed by atoms with Crippen LogP contribution in [0.1, 0.15) is 5.56 Å². The molecule has 0 bridgehead atoms. The molecule has 2 rings (SSSR count). The van der Waals surface area contributed by atoms with E-state index in [0.29, 0.717) is 0 Å². The first-order valence-corrected chi connectivity index (χ1v) is 7.77. The van der Waals surface area contributed by atoms with Crippen LogP contribution in [0.15, 0.2) is 27.3 Å². The normalized spacial score (nSPS) is 11.1. The van der Waals surface area contributed by atoms with Crippen molar-refractivity contribution >= 4 is 61.7 Å². The Hall–Kier alpha value is 0.360. The van der Waals surface area contributed by atoms with Crippen LogP contribution in [0.25, 0.3) is 10.1 Å². The molecule has 1 aromatic carbocycles. The Kier molecular flexibility index (Phi) is 3.47. The molecule has 0 aliphatic rings. The van der Waals surface area contributed by atoms with Gasteiger partial charge in [-0.05, 0) is 29.3 Å². The standard InChI is InChI=1S/C10H9BrS3/c1-13-8-4-6(5-11)10-7(9(8)12)2-3-14-10/h2-4,12H,5H2,1H3. The van der Waals surface area contributed by atoms with Gasteiger partial charge in [-0.3, -0.25) is 0 Å². The second-order valence-corrected chi connectivity index (χ2v) is 5.66. The van der Waals surface area contributed by atoms with Crippen molar-refractivity contribution in [3.63, 3.8) is 0 Å². The van der Waals surface area contributed by atoms with Gasteiger partial charge in [0.25, 0.3) is 0 Å². The molecule has 0 atom stereocenters. The highest BCUT2D eigenvalue weighted by atomic mass is 79.9. The summed E-state index contributed by atoms with van der Waals surface area (Å²) in [6.07, 6.45) is 2.09. The van der Waals surface area contributed by atoms with Gasteiger partial charge in [-0.2, -0.15) is 0 Å². The number of benzene rings is 1. The number of thiophene rings is 1. The van der Waals surface area contributed by atoms with Crippen molar-refractivity contribution in [3.05, 3.63) is 23.1 Å². The number of fused-ring (bicyclic) bond motifs is 1. The number of alkyl halides is 1. The number of rotatable bonds is 2. The van der Waals surface area contributed by atoms with E-state index < -0.39 is 0 Å². The predicted molar refractivity (Wildman–Crippen MR) is 73.5 cm³/mol. The lowest BCUT2D eigenvalue weighted by Crippen LogP contribution is -1.82. The van der Waals surface area contributed by atoms with Crippen LogP contribution >= 0.6 is 51.7 Å². The maximum atomic E-state index is 4.57. The van der Waals surface area contributed by atoms with E-state index in [1.54, 1.807) is 23.1 Å². The summed E-state index contributed by atoms with van der Waals surface area (Å²) in [5, 5.41) is 4.31. The van der Waals surface area contributed by atoms with Gasteiger partial charge < -0.3 is 0 Å². The van der Waals surface area contributed by atoms with Gasteiger partial charge in [-0.15, -0.1) is 35.7 Å². The summed E-state index contributed by atoms with van der Waals surface area (Å²) in [5.74, 6) is 0. The minimum atomic E-state index is 0.908. The van der Waals surface area contributed by atoms with E-state index in [2.05, 4.69) is 52.3 Å². The molecule has 74 valence electrons. The fourth-order valence-electron chi connectivity index (χ4n) is 1.42. The average molecular weight is 305 g/mol. The Bertz CT molecular complexity index is 462. The topological polar surface area (TPSA) is 0 Å². The third-order valence-electron chi connectivity index (χ3n) is 2.11. The van der Waals surface area contributed by atoms with E-state index in [-0.39, 0.29) is 0 Å². The molecule has 0 saturated heterocycles. The fraction of sp³-hybridized carbons (Fsp3) is 0.200. The summed E-state index contributed by atoms with van der Waals surface area (Å²) in [5.41, 5.74) is 1.36. The van der Waals surface area contributed by atoms with Crippen molar-refractivity contribution < 1.29 is 0 Å². The summed E-state index contributed by atoms with van der Waals surface area (Å²) >= 11 is 11.6. The Labute approximate surface area is 106 Å². The first kappa shape index (κ1) is 10.9. The van der Waals surface area contributed by atoms with Gasteiger partial charge >= 0.3 is 0 Å². The van der Waals surface area contributed by atoms with Crippen molar-refractivity contribution in [2.75, 3.05) is 6.26 Å². The first-order chi connectivity index (χ1) is 6.77. The number of thioether (sulfide) groups is 1. The third-order valence-corrected chi connectivity index (χ3v) is 5.10. The molecule has 0 amide bonds. The van der Waals surface area contributed by atoms with Crippen molar-refractivity contribution in [2.45, 2.75) is 15.1 Å². The lowest BCUT2D eigenvalue weighted by Gasteiger charge is -2.06. The Morgan fingerprint density at radius 1 is 1.57 bits per heavy atom. The Morgan fingerprint density at radius 2 is 2.36 bits per heavy atom. The molecule has 2 aromatic rings. The summed E-state index contributed by atoms with van der Waals surface area (Å²) in [4.78, 5) is 2.37. The first-order valence-electron chi connectivity index (χ1n) is 4.10. The molecule has 0 saturated carbocycles. The average Bonchev–Trinajstić information content (AvgIpc) is 2.68. The zero-order chi connectivity index (χ0) is 10.1. The van der Waals surface area contributed by atoms with E-state index in [9.17, 15) is 0 Å². The van der Waals surface area contributed by atoms with Crippen LogP contribution in [0.5, 0.6) is 0 Å². The smallest absolute Gasteiger partial charge is 0.0395 e. The van der Waals surface area contributed by atoms with Crippen LogP contribution in [-0.2, 0) is 5.33 Å². The molecule has 0 aliphatic carbocycles. The highest BCUT2D eigenvalue weighted by Crippen LogP contribution is 2.37. The third kappa shape index (κ3) is 1.73. The highest BCUT2D eigenvalue weighted by Gasteiger charge is 2.09. The summed E-state index contributed by atoms with van der Waals surface area (Å²) in [6.45, 7) is 0. The Balaban J connectivity index is 2.80. The largest absolute Gasteiger partial charge is 0.143 e. The molecule has 0 fully saturated rings. The predicted octanol–water partition coefficient (Wildman–Crippen LogP) is 4.81. The van der Waals surface area contributed by atoms with Gasteiger partial charge in [0.1, 0.15) is 0 Å². The molecule has 0 nitrogen and oxygen atoms in total. The van der Waals surface area contributed by atoms with Gasteiger partial charge in [-0.1, -0.05) is 15.9 Å². The summed E-state index contributed by atoms with van der Waals surface area (Å²) in [7, 11) is 0. The van der Waals surface area contributed by atoms with Gasteiger partial charge in [0, 0.05) is 25.2 Å². The zero-order valence-corrected chi connectivity index (χ0v) is 11.7. The van der Waals surface area contributed by atoms with Crippen LogP contribution < -0.4 is 0 Å². The lowest BCUT2D eigenvalue weighted by molar-refractivity contribution is 1.28. The zero-order valence-electron chi connectivity index (χ0n) is 7.58. The Morgan fingerprint density at radius 3 is 3.00 bits per heavy atom. The maximum Gasteiger partial charge on any atom is 0.0395 e. The molecule has 14 heavy (non-hydrogen) atoms. The number of halogens is 1. The van der Waals surface area contributed by atoms with E-state index in [1.165, 1.54) is 20.5 Å². The fourth-order valence-corrected chi connectivity index (χ4v) is 4.14. The van der Waals surface area contributed by atoms with Crippen molar-refractivity contribution in [1.82, 2.24) is 0 Å². The molecule has 0 N–H and O–H groups in total. The SMILES string of the molecule is CSc1cc(CBr)c2sccc2c1S. The van der Waals surface area contributed by atoms with Crippen molar-refractivity contribution in [2.24, 2.45) is 0 Å². The van der Waals surface area contributed by atoms with E-state index >= 15 is 0 Å². The minimum Gasteiger partial charge on any atom is -0.143 e. The van der Waals surface area contributed by atoms with Crippen LogP contribution in [0, 0.1) is 0 Å². The van der Waals surface area contributed by atoms with Gasteiger partial charge in [0.15, 0.2) is 0 Å². The number of thiol groups is 1. The van der Waals surface area contributed by atoms with E-state index in [0.717, 1.165) is 10.2 Å². The summed E-state index contributed by atoms with van der Waals surface area (Å²) < 4.78 is 1.35. The second-order valence-electron chi connectivity index (χ2n) is 2.88. The van der Waals surface area contributed by atoms with E-state index in [4.69, 9.17) is 0 Å². The maximum absolute atomic E-state index is 4.57. The molecule has 0 spiro atoms. The summed E-state index contributed by atoms with van der Waals surface area (Å²) in [6, 6.07) is 4.37. The van der Waals surface area contributed by atoms with Crippen molar-refractivity contribution in [1.29, 1.82) is 0 Å². The molecule has 1 heterocycles. The lowest BCUT2D eigenvalue weighted by atomic mass is 10.2. The van der Waals surface area contributed by atoms with Crippen LogP contribution in [-0.4, -0.2) is 6.26 Å².